The largest absolute Gasteiger partial charge is 0.364 e. The molecular weight excluding hydrogens is 212 g/mol. The van der Waals surface area contributed by atoms with E-state index >= 15 is 0 Å². The van der Waals surface area contributed by atoms with Gasteiger partial charge in [-0.2, -0.15) is 0 Å². The van der Waals surface area contributed by atoms with Crippen molar-refractivity contribution in [2.45, 2.75) is 33.2 Å². The Hall–Kier alpha value is -1.32. The molecule has 0 radical (unpaired) electrons. The highest BCUT2D eigenvalue weighted by Crippen LogP contribution is 2.21. The molecule has 2 rings (SSSR count). The molecule has 0 spiro atoms. The van der Waals surface area contributed by atoms with Crippen LogP contribution in [-0.2, 0) is 18.0 Å². The summed E-state index contributed by atoms with van der Waals surface area (Å²) in [7, 11) is 1.72. The number of benzene rings is 1. The van der Waals surface area contributed by atoms with Crippen LogP contribution in [0.15, 0.2) is 30.5 Å². The maximum absolute atomic E-state index is 5.22. The molecule has 1 aromatic carbocycles. The lowest BCUT2D eigenvalue weighted by Crippen LogP contribution is -2.21. The number of para-hydroxylation sites is 1. The quantitative estimate of drug-likeness (QED) is 0.858. The number of nitrogens with zero attached hydrogens (tertiary/aromatic N) is 1. The Morgan fingerprint density at radius 1 is 1.29 bits per heavy atom. The maximum Gasteiger partial charge on any atom is 0.122 e. The number of hydrogen-bond acceptors (Lipinski definition) is 2. The van der Waals surface area contributed by atoms with E-state index in [1.807, 2.05) is 0 Å². The Balaban J connectivity index is 2.34. The zero-order chi connectivity index (χ0) is 12.3. The van der Waals surface area contributed by atoms with Crippen LogP contribution in [0.1, 0.15) is 19.4 Å². The zero-order valence-corrected chi connectivity index (χ0v) is 10.7. The van der Waals surface area contributed by atoms with Crippen molar-refractivity contribution >= 4 is 10.9 Å². The summed E-state index contributed by atoms with van der Waals surface area (Å²) in [5.74, 6) is 0. The average Bonchev–Trinajstić information content (AvgIpc) is 2.66. The fourth-order valence-electron chi connectivity index (χ4n) is 2.02. The summed E-state index contributed by atoms with van der Waals surface area (Å²) in [4.78, 5) is 0. The summed E-state index contributed by atoms with van der Waals surface area (Å²) in [6.07, 6.45) is 2.17. The Bertz CT molecular complexity index is 488. The van der Waals surface area contributed by atoms with Crippen LogP contribution in [0.3, 0.4) is 0 Å². The second kappa shape index (κ2) is 5.34. The first-order valence-electron chi connectivity index (χ1n) is 6.01. The molecule has 1 N–H and O–H groups in total. The van der Waals surface area contributed by atoms with Crippen LogP contribution in [0.25, 0.3) is 10.9 Å². The van der Waals surface area contributed by atoms with Crippen LogP contribution in [0.4, 0.5) is 0 Å². The van der Waals surface area contributed by atoms with Crippen molar-refractivity contribution in [2.24, 2.45) is 0 Å². The highest BCUT2D eigenvalue weighted by Gasteiger charge is 2.07. The van der Waals surface area contributed by atoms with Crippen molar-refractivity contribution < 1.29 is 4.74 Å². The minimum atomic E-state index is 0.500. The Kier molecular flexibility index (Phi) is 3.82. The van der Waals surface area contributed by atoms with Gasteiger partial charge in [-0.15, -0.1) is 0 Å². The van der Waals surface area contributed by atoms with Crippen molar-refractivity contribution in [2.75, 3.05) is 7.11 Å². The standard InChI is InChI=1S/C14H20N2O/c1-11(2)15-8-12-9-16(10-17-3)14-7-5-4-6-13(12)14/h4-7,9,11,15H,8,10H2,1-3H3. The number of hydrogen-bond donors (Lipinski definition) is 1. The number of rotatable bonds is 5. The summed E-state index contributed by atoms with van der Waals surface area (Å²) in [6, 6.07) is 8.94. The van der Waals surface area contributed by atoms with Gasteiger partial charge in [-0.25, -0.2) is 0 Å². The first-order valence-corrected chi connectivity index (χ1v) is 6.01. The van der Waals surface area contributed by atoms with E-state index in [9.17, 15) is 0 Å². The molecule has 0 aliphatic rings. The second-order valence-corrected chi connectivity index (χ2v) is 4.59. The van der Waals surface area contributed by atoms with E-state index in [-0.39, 0.29) is 0 Å². The van der Waals surface area contributed by atoms with Crippen molar-refractivity contribution in [3.63, 3.8) is 0 Å². The first-order chi connectivity index (χ1) is 8.22. The maximum atomic E-state index is 5.22. The van der Waals surface area contributed by atoms with E-state index in [2.05, 4.69) is 54.2 Å². The summed E-state index contributed by atoms with van der Waals surface area (Å²) < 4.78 is 7.36. The Labute approximate surface area is 102 Å². The van der Waals surface area contributed by atoms with Gasteiger partial charge in [-0.1, -0.05) is 32.0 Å². The molecule has 0 saturated carbocycles. The van der Waals surface area contributed by atoms with E-state index in [1.165, 1.54) is 16.5 Å². The summed E-state index contributed by atoms with van der Waals surface area (Å²) in [5.41, 5.74) is 2.56. The number of methoxy groups -OCH3 is 1. The van der Waals surface area contributed by atoms with Gasteiger partial charge in [0, 0.05) is 31.3 Å². The highest BCUT2D eigenvalue weighted by molar-refractivity contribution is 5.83. The van der Waals surface area contributed by atoms with Crippen LogP contribution < -0.4 is 5.32 Å². The van der Waals surface area contributed by atoms with Gasteiger partial charge in [-0.3, -0.25) is 0 Å². The fraction of sp³-hybridized carbons (Fsp3) is 0.429. The molecule has 0 bridgehead atoms. The number of nitrogens with one attached hydrogen (secondary N) is 1. The van der Waals surface area contributed by atoms with Crippen LogP contribution >= 0.6 is 0 Å². The minimum absolute atomic E-state index is 0.500. The highest BCUT2D eigenvalue weighted by atomic mass is 16.5. The molecule has 0 atom stereocenters. The molecule has 2 aromatic rings. The van der Waals surface area contributed by atoms with Gasteiger partial charge in [0.1, 0.15) is 6.73 Å². The SMILES string of the molecule is COCn1cc(CNC(C)C)c2ccccc21. The molecule has 0 saturated heterocycles. The van der Waals surface area contributed by atoms with E-state index in [1.54, 1.807) is 7.11 Å². The molecule has 0 aliphatic carbocycles. The molecule has 3 nitrogen and oxygen atoms in total. The van der Waals surface area contributed by atoms with Gasteiger partial charge in [0.2, 0.25) is 0 Å². The fourth-order valence-corrected chi connectivity index (χ4v) is 2.02. The average molecular weight is 232 g/mol. The van der Waals surface area contributed by atoms with E-state index in [4.69, 9.17) is 4.74 Å². The van der Waals surface area contributed by atoms with Gasteiger partial charge in [-0.05, 0) is 11.6 Å². The van der Waals surface area contributed by atoms with E-state index < -0.39 is 0 Å². The molecule has 0 unspecified atom stereocenters. The smallest absolute Gasteiger partial charge is 0.122 e. The Morgan fingerprint density at radius 2 is 2.06 bits per heavy atom. The second-order valence-electron chi connectivity index (χ2n) is 4.59. The van der Waals surface area contributed by atoms with E-state index in [0.717, 1.165) is 6.54 Å². The summed E-state index contributed by atoms with van der Waals surface area (Å²) in [5, 5.41) is 4.76. The van der Waals surface area contributed by atoms with Gasteiger partial charge in [0.15, 0.2) is 0 Å². The number of aromatic nitrogens is 1. The zero-order valence-electron chi connectivity index (χ0n) is 10.7. The van der Waals surface area contributed by atoms with Gasteiger partial charge in [0.05, 0.1) is 5.52 Å². The molecule has 1 aromatic heterocycles. The lowest BCUT2D eigenvalue weighted by atomic mass is 10.2. The van der Waals surface area contributed by atoms with Crippen molar-refractivity contribution in [1.82, 2.24) is 9.88 Å². The van der Waals surface area contributed by atoms with Crippen LogP contribution in [-0.4, -0.2) is 17.7 Å². The molecule has 0 fully saturated rings. The molecular formula is C14H20N2O. The third-order valence-electron chi connectivity index (χ3n) is 2.84. The molecule has 0 amide bonds. The molecule has 1 heterocycles. The normalized spacial score (nSPS) is 11.5. The van der Waals surface area contributed by atoms with E-state index in [0.29, 0.717) is 12.8 Å². The topological polar surface area (TPSA) is 26.2 Å². The van der Waals surface area contributed by atoms with Crippen LogP contribution in [0.5, 0.6) is 0 Å². The number of ether oxygens (including phenoxy) is 1. The van der Waals surface area contributed by atoms with Crippen LogP contribution in [0, 0.1) is 0 Å². The summed E-state index contributed by atoms with van der Waals surface area (Å²) in [6.45, 7) is 5.82. The predicted molar refractivity (Wildman–Crippen MR) is 70.9 cm³/mol. The monoisotopic (exact) mass is 232 g/mol. The molecule has 0 aliphatic heterocycles. The van der Waals surface area contributed by atoms with Gasteiger partial charge in [0.25, 0.3) is 0 Å². The minimum Gasteiger partial charge on any atom is -0.364 e. The molecule has 3 heteroatoms. The predicted octanol–water partition coefficient (Wildman–Crippen LogP) is 2.74. The van der Waals surface area contributed by atoms with Crippen LogP contribution in [0.2, 0.25) is 0 Å². The Morgan fingerprint density at radius 3 is 2.76 bits per heavy atom. The molecule has 92 valence electrons. The lowest BCUT2D eigenvalue weighted by Gasteiger charge is -2.06. The van der Waals surface area contributed by atoms with Crippen molar-refractivity contribution in [3.8, 4) is 0 Å². The third kappa shape index (κ3) is 2.68. The van der Waals surface area contributed by atoms with Gasteiger partial charge >= 0.3 is 0 Å². The summed E-state index contributed by atoms with van der Waals surface area (Å²) >= 11 is 0. The first kappa shape index (κ1) is 12.1. The molecule has 17 heavy (non-hydrogen) atoms. The number of fused-ring (bicyclic) bond motifs is 1. The third-order valence-corrected chi connectivity index (χ3v) is 2.84. The van der Waals surface area contributed by atoms with Gasteiger partial charge < -0.3 is 14.6 Å². The van der Waals surface area contributed by atoms with Crippen molar-refractivity contribution in [3.05, 3.63) is 36.0 Å². The van der Waals surface area contributed by atoms with Crippen molar-refractivity contribution in [1.29, 1.82) is 0 Å². The lowest BCUT2D eigenvalue weighted by molar-refractivity contribution is 0.134.